The molecular weight excluding hydrogens is 216 g/mol. The minimum absolute atomic E-state index is 0.390. The number of hydrogen-bond acceptors (Lipinski definition) is 0. The fraction of sp³-hybridized carbons (Fsp3) is 0.111. The highest BCUT2D eigenvalue weighted by Crippen LogP contribution is 2.06. The molecule has 0 aliphatic heterocycles. The van der Waals surface area contributed by atoms with Gasteiger partial charge >= 0.3 is 0 Å². The zero-order valence-corrected chi connectivity index (χ0v) is 10.8. The van der Waals surface area contributed by atoms with Crippen LogP contribution >= 0.6 is 0 Å². The Hall–Kier alpha value is -2.08. The number of hydrogen-bond donors (Lipinski definition) is 0. The molecule has 18 heavy (non-hydrogen) atoms. The second-order valence-corrected chi connectivity index (χ2v) is 4.64. The maximum Gasteiger partial charge on any atom is -0.00752 e. The molecule has 0 aromatic heterocycles. The van der Waals surface area contributed by atoms with Crippen LogP contribution in [-0.4, -0.2) is 0 Å². The van der Waals surface area contributed by atoms with Crippen LogP contribution in [0.5, 0.6) is 0 Å². The monoisotopic (exact) mass is 234 g/mol. The van der Waals surface area contributed by atoms with E-state index in [9.17, 15) is 0 Å². The molecule has 0 nitrogen and oxygen atoms in total. The quantitative estimate of drug-likeness (QED) is 0.647. The molecule has 0 radical (unpaired) electrons. The summed E-state index contributed by atoms with van der Waals surface area (Å²) in [6.45, 7) is 10.3. The van der Waals surface area contributed by atoms with Crippen LogP contribution in [0.4, 0.5) is 0 Å². The normalized spacial score (nSPS) is 23.8. The summed E-state index contributed by atoms with van der Waals surface area (Å²) in [5, 5.41) is 2.35. The molecule has 0 fully saturated rings. The van der Waals surface area contributed by atoms with Crippen LogP contribution in [0.25, 0.3) is 12.2 Å². The summed E-state index contributed by atoms with van der Waals surface area (Å²) >= 11 is 0. The third-order valence-corrected chi connectivity index (χ3v) is 2.91. The molecule has 0 saturated heterocycles. The Kier molecular flexibility index (Phi) is 3.78. The van der Waals surface area contributed by atoms with Crippen LogP contribution in [0, 0.1) is 5.92 Å². The summed E-state index contributed by atoms with van der Waals surface area (Å²) in [4.78, 5) is 0. The number of rotatable bonds is 0. The average molecular weight is 234 g/mol. The molecule has 1 aliphatic rings. The van der Waals surface area contributed by atoms with Gasteiger partial charge in [0.25, 0.3) is 0 Å². The van der Waals surface area contributed by atoms with Crippen LogP contribution in [0.2, 0.25) is 0 Å². The minimum Gasteiger partial charge on any atom is -0.0918 e. The van der Waals surface area contributed by atoms with Gasteiger partial charge in [-0.25, -0.2) is 0 Å². The van der Waals surface area contributed by atoms with E-state index in [1.807, 2.05) is 12.1 Å². The van der Waals surface area contributed by atoms with E-state index in [-0.39, 0.29) is 0 Å². The molecular formula is C18H18. The fourth-order valence-electron chi connectivity index (χ4n) is 1.88. The van der Waals surface area contributed by atoms with Gasteiger partial charge in [-0.1, -0.05) is 68.7 Å². The molecule has 0 atom stereocenters. The fourth-order valence-corrected chi connectivity index (χ4v) is 1.88. The Morgan fingerprint density at radius 3 is 1.72 bits per heavy atom. The largest absolute Gasteiger partial charge is 0.0918 e. The highest BCUT2D eigenvalue weighted by Gasteiger charge is 1.94. The lowest BCUT2D eigenvalue weighted by Gasteiger charge is -1.97. The van der Waals surface area contributed by atoms with Gasteiger partial charge in [0.05, 0.1) is 0 Å². The van der Waals surface area contributed by atoms with Gasteiger partial charge in [0, 0.05) is 0 Å². The van der Waals surface area contributed by atoms with E-state index in [0.717, 1.165) is 11.1 Å². The van der Waals surface area contributed by atoms with Crippen molar-refractivity contribution in [1.29, 1.82) is 0 Å². The van der Waals surface area contributed by atoms with Crippen molar-refractivity contribution in [3.8, 4) is 0 Å². The molecule has 0 spiro atoms. The zero-order valence-electron chi connectivity index (χ0n) is 10.8. The predicted octanol–water partition coefficient (Wildman–Crippen LogP) is 3.12. The van der Waals surface area contributed by atoms with E-state index in [4.69, 9.17) is 0 Å². The molecule has 0 heterocycles. The molecule has 0 bridgehead atoms. The van der Waals surface area contributed by atoms with Crippen LogP contribution in [0.15, 0.2) is 72.9 Å². The van der Waals surface area contributed by atoms with Crippen LogP contribution in [-0.2, 0) is 0 Å². The van der Waals surface area contributed by atoms with Crippen molar-refractivity contribution in [3.63, 3.8) is 0 Å². The predicted molar refractivity (Wildman–Crippen MR) is 80.3 cm³/mol. The molecule has 2 rings (SSSR count). The van der Waals surface area contributed by atoms with Crippen molar-refractivity contribution in [2.45, 2.75) is 6.92 Å². The average Bonchev–Trinajstić information content (AvgIpc) is 2.37. The molecule has 0 saturated carbocycles. The topological polar surface area (TPSA) is 0 Å². The minimum atomic E-state index is 0.390. The molecule has 0 amide bonds. The second kappa shape index (κ2) is 5.50. The Morgan fingerprint density at radius 2 is 1.28 bits per heavy atom. The first kappa shape index (κ1) is 12.4. The van der Waals surface area contributed by atoms with Gasteiger partial charge in [-0.3, -0.25) is 0 Å². The van der Waals surface area contributed by atoms with Gasteiger partial charge in [0.2, 0.25) is 0 Å². The van der Waals surface area contributed by atoms with Gasteiger partial charge in [0.1, 0.15) is 0 Å². The van der Waals surface area contributed by atoms with E-state index in [0.29, 0.717) is 5.92 Å². The molecule has 0 heteroatoms. The smallest absolute Gasteiger partial charge is 0.00752 e. The van der Waals surface area contributed by atoms with E-state index >= 15 is 0 Å². The van der Waals surface area contributed by atoms with Crippen molar-refractivity contribution in [1.82, 2.24) is 0 Å². The third kappa shape index (κ3) is 3.21. The van der Waals surface area contributed by atoms with E-state index in [1.54, 1.807) is 0 Å². The molecule has 90 valence electrons. The highest BCUT2D eigenvalue weighted by atomic mass is 14.0. The van der Waals surface area contributed by atoms with E-state index < -0.39 is 0 Å². The summed E-state index contributed by atoms with van der Waals surface area (Å²) in [5.74, 6) is 0.390. The first-order valence-electron chi connectivity index (χ1n) is 6.18. The van der Waals surface area contributed by atoms with E-state index in [2.05, 4.69) is 68.7 Å². The summed E-state index contributed by atoms with van der Waals surface area (Å²) in [7, 11) is 0. The van der Waals surface area contributed by atoms with Crippen molar-refractivity contribution in [3.05, 3.63) is 83.3 Å². The first-order chi connectivity index (χ1) is 8.65. The summed E-state index contributed by atoms with van der Waals surface area (Å²) in [5.41, 5.74) is 2.03. The first-order valence-corrected chi connectivity index (χ1v) is 6.18. The summed E-state index contributed by atoms with van der Waals surface area (Å²) < 4.78 is 0. The lowest BCUT2D eigenvalue weighted by atomic mass is 10.1. The SMILES string of the molecule is C=C1/C=C\C(C)/C=C\C(=C)/C=c2/cccc/c2=C/1. The Morgan fingerprint density at radius 1 is 0.833 bits per heavy atom. The number of allylic oxidation sites excluding steroid dienone is 6. The van der Waals surface area contributed by atoms with Gasteiger partial charge in [0.15, 0.2) is 0 Å². The zero-order chi connectivity index (χ0) is 13.0. The van der Waals surface area contributed by atoms with Gasteiger partial charge in [-0.2, -0.15) is 0 Å². The Bertz CT molecular complexity index is 582. The van der Waals surface area contributed by atoms with Gasteiger partial charge in [-0.05, 0) is 39.7 Å². The van der Waals surface area contributed by atoms with Crippen LogP contribution < -0.4 is 10.4 Å². The van der Waals surface area contributed by atoms with Gasteiger partial charge < -0.3 is 0 Å². The Balaban J connectivity index is 2.66. The standard InChI is InChI=1S/C18H18/c1-14-8-10-15(2)12-17-6-4-5-7-18(17)13-16(3)11-9-14/h4-14H,2-3H2,1H3/b10-8-,11-9-,17-12-,18-13-. The lowest BCUT2D eigenvalue weighted by molar-refractivity contribution is 0.939. The summed E-state index contributed by atoms with van der Waals surface area (Å²) in [6.07, 6.45) is 12.6. The third-order valence-electron chi connectivity index (χ3n) is 2.91. The molecule has 1 aromatic rings. The number of benzene rings is 1. The van der Waals surface area contributed by atoms with Crippen LogP contribution in [0.1, 0.15) is 6.92 Å². The molecule has 0 unspecified atom stereocenters. The van der Waals surface area contributed by atoms with Crippen molar-refractivity contribution in [2.75, 3.05) is 0 Å². The van der Waals surface area contributed by atoms with Crippen LogP contribution in [0.3, 0.4) is 0 Å². The second-order valence-electron chi connectivity index (χ2n) is 4.64. The Labute approximate surface area is 109 Å². The molecule has 1 aromatic carbocycles. The van der Waals surface area contributed by atoms with Crippen molar-refractivity contribution >= 4 is 12.2 Å². The summed E-state index contributed by atoms with van der Waals surface area (Å²) in [6, 6.07) is 8.29. The van der Waals surface area contributed by atoms with Crippen molar-refractivity contribution < 1.29 is 0 Å². The highest BCUT2D eigenvalue weighted by molar-refractivity contribution is 5.56. The van der Waals surface area contributed by atoms with Gasteiger partial charge in [-0.15, -0.1) is 0 Å². The molecule has 0 N–H and O–H groups in total. The number of fused-ring (bicyclic) bond motifs is 1. The maximum absolute atomic E-state index is 4.07. The molecule has 1 aliphatic carbocycles. The maximum atomic E-state index is 4.07. The van der Waals surface area contributed by atoms with Crippen molar-refractivity contribution in [2.24, 2.45) is 5.92 Å². The lowest BCUT2D eigenvalue weighted by Crippen LogP contribution is -2.23. The van der Waals surface area contributed by atoms with E-state index in [1.165, 1.54) is 10.4 Å².